The lowest BCUT2D eigenvalue weighted by molar-refractivity contribution is -0.144. The Morgan fingerprint density at radius 3 is 2.78 bits per heavy atom. The average Bonchev–Trinajstić information content (AvgIpc) is 2.75. The molecule has 6 nitrogen and oxygen atoms in total. The van der Waals surface area contributed by atoms with Gasteiger partial charge in [-0.3, -0.25) is 0 Å². The average molecular weight is 261 g/mol. The van der Waals surface area contributed by atoms with Crippen LogP contribution in [-0.4, -0.2) is 37.7 Å². The highest BCUT2D eigenvalue weighted by Gasteiger charge is 2.36. The molecule has 0 unspecified atom stereocenters. The number of rotatable bonds is 3. The number of hydrogen-bond acceptors (Lipinski definition) is 5. The molecule has 1 atom stereocenters. The van der Waals surface area contributed by atoms with E-state index in [1.54, 1.807) is 6.92 Å². The Kier molecular flexibility index (Phi) is 3.07. The summed E-state index contributed by atoms with van der Waals surface area (Å²) in [7, 11) is 0. The summed E-state index contributed by atoms with van der Waals surface area (Å²) >= 11 is 0. The number of aliphatic hydroxyl groups excluding tert-OH is 1. The van der Waals surface area contributed by atoms with Crippen LogP contribution < -0.4 is 5.32 Å². The van der Waals surface area contributed by atoms with E-state index in [9.17, 15) is 13.2 Å². The third-order valence-corrected chi connectivity index (χ3v) is 2.20. The molecule has 0 aliphatic rings. The van der Waals surface area contributed by atoms with Crippen molar-refractivity contribution in [1.82, 2.24) is 19.9 Å². The standard InChI is InChI=1S/C9H10F3N5O/c1-4(2-18)15-7-5-6(14-3-13-5)16-8(17-7)9(10,11)12/h3-4,18H,2H2,1H3,(H2,13,14,15,16,17)/t4-/m1/s1. The number of aromatic nitrogens is 4. The molecule has 2 heterocycles. The van der Waals surface area contributed by atoms with E-state index in [0.29, 0.717) is 0 Å². The van der Waals surface area contributed by atoms with Gasteiger partial charge >= 0.3 is 6.18 Å². The largest absolute Gasteiger partial charge is 0.451 e. The number of nitrogens with zero attached hydrogens (tertiary/aromatic N) is 3. The zero-order valence-corrected chi connectivity index (χ0v) is 9.28. The van der Waals surface area contributed by atoms with Crippen LogP contribution in [0.25, 0.3) is 11.2 Å². The number of nitrogens with one attached hydrogen (secondary N) is 2. The Hall–Kier alpha value is -1.90. The van der Waals surface area contributed by atoms with E-state index in [2.05, 4.69) is 25.3 Å². The van der Waals surface area contributed by atoms with Crippen LogP contribution in [0.3, 0.4) is 0 Å². The lowest BCUT2D eigenvalue weighted by Crippen LogP contribution is -2.22. The number of aliphatic hydroxyl groups is 1. The molecule has 0 spiro atoms. The Morgan fingerprint density at radius 2 is 2.17 bits per heavy atom. The summed E-state index contributed by atoms with van der Waals surface area (Å²) in [5.74, 6) is -1.30. The Balaban J connectivity index is 2.52. The van der Waals surface area contributed by atoms with Crippen molar-refractivity contribution < 1.29 is 18.3 Å². The van der Waals surface area contributed by atoms with Gasteiger partial charge in [0, 0.05) is 6.04 Å². The maximum absolute atomic E-state index is 12.6. The molecule has 3 N–H and O–H groups in total. The van der Waals surface area contributed by atoms with E-state index in [0.717, 1.165) is 0 Å². The molecule has 0 saturated heterocycles. The highest BCUT2D eigenvalue weighted by Crippen LogP contribution is 2.29. The first-order valence-electron chi connectivity index (χ1n) is 5.07. The molecular weight excluding hydrogens is 251 g/mol. The summed E-state index contributed by atoms with van der Waals surface area (Å²) < 4.78 is 37.7. The van der Waals surface area contributed by atoms with Crippen molar-refractivity contribution in [3.05, 3.63) is 12.2 Å². The van der Waals surface area contributed by atoms with Gasteiger partial charge in [-0.25, -0.2) is 15.0 Å². The van der Waals surface area contributed by atoms with Crippen molar-refractivity contribution in [2.24, 2.45) is 0 Å². The molecule has 0 amide bonds. The minimum Gasteiger partial charge on any atom is -0.394 e. The number of H-pyrrole nitrogens is 1. The minimum atomic E-state index is -4.65. The Morgan fingerprint density at radius 1 is 1.44 bits per heavy atom. The van der Waals surface area contributed by atoms with Crippen LogP contribution in [-0.2, 0) is 6.18 Å². The van der Waals surface area contributed by atoms with Gasteiger partial charge in [-0.2, -0.15) is 13.2 Å². The number of halogens is 3. The van der Waals surface area contributed by atoms with Gasteiger partial charge in [-0.05, 0) is 6.92 Å². The maximum atomic E-state index is 12.6. The maximum Gasteiger partial charge on any atom is 0.451 e. The van der Waals surface area contributed by atoms with Crippen molar-refractivity contribution in [3.63, 3.8) is 0 Å². The fourth-order valence-electron chi connectivity index (χ4n) is 1.34. The van der Waals surface area contributed by atoms with Gasteiger partial charge in [0.15, 0.2) is 11.5 Å². The van der Waals surface area contributed by atoms with Gasteiger partial charge in [0.25, 0.3) is 0 Å². The smallest absolute Gasteiger partial charge is 0.394 e. The summed E-state index contributed by atoms with van der Waals surface area (Å²) in [6, 6.07) is -0.438. The molecule has 2 aromatic heterocycles. The van der Waals surface area contributed by atoms with E-state index >= 15 is 0 Å². The Labute approximate surface area is 99.3 Å². The van der Waals surface area contributed by atoms with Crippen molar-refractivity contribution in [1.29, 1.82) is 0 Å². The van der Waals surface area contributed by atoms with Gasteiger partial charge in [0.1, 0.15) is 5.52 Å². The Bertz CT molecular complexity index is 553. The highest BCUT2D eigenvalue weighted by molar-refractivity contribution is 5.82. The van der Waals surface area contributed by atoms with E-state index in [4.69, 9.17) is 5.11 Å². The summed E-state index contributed by atoms with van der Waals surface area (Å²) in [5, 5.41) is 11.6. The second-order valence-electron chi connectivity index (χ2n) is 3.72. The van der Waals surface area contributed by atoms with Gasteiger partial charge < -0.3 is 15.4 Å². The fourth-order valence-corrected chi connectivity index (χ4v) is 1.34. The number of fused-ring (bicyclic) bond motifs is 1. The first kappa shape index (κ1) is 12.6. The van der Waals surface area contributed by atoms with Gasteiger partial charge in [0.2, 0.25) is 5.82 Å². The lowest BCUT2D eigenvalue weighted by atomic mass is 10.3. The molecule has 18 heavy (non-hydrogen) atoms. The number of alkyl halides is 3. The second kappa shape index (κ2) is 4.41. The van der Waals surface area contributed by atoms with E-state index in [1.165, 1.54) is 6.33 Å². The molecule has 2 rings (SSSR count). The van der Waals surface area contributed by atoms with Crippen molar-refractivity contribution in [3.8, 4) is 0 Å². The van der Waals surface area contributed by atoms with Crippen LogP contribution in [0.2, 0.25) is 0 Å². The van der Waals surface area contributed by atoms with E-state index in [1.807, 2.05) is 0 Å². The van der Waals surface area contributed by atoms with Crippen LogP contribution in [0.4, 0.5) is 19.0 Å². The number of aromatic amines is 1. The molecule has 2 aromatic rings. The molecule has 0 aliphatic carbocycles. The van der Waals surface area contributed by atoms with Gasteiger partial charge in [0.05, 0.1) is 12.9 Å². The van der Waals surface area contributed by atoms with Crippen LogP contribution in [0.15, 0.2) is 6.33 Å². The quantitative estimate of drug-likeness (QED) is 0.772. The molecule has 0 radical (unpaired) electrons. The summed E-state index contributed by atoms with van der Waals surface area (Å²) in [5.41, 5.74) is 0.188. The van der Waals surface area contributed by atoms with Crippen molar-refractivity contribution in [2.75, 3.05) is 11.9 Å². The van der Waals surface area contributed by atoms with Crippen LogP contribution in [0.5, 0.6) is 0 Å². The van der Waals surface area contributed by atoms with E-state index in [-0.39, 0.29) is 23.6 Å². The molecule has 0 aliphatic heterocycles. The van der Waals surface area contributed by atoms with Crippen LogP contribution >= 0.6 is 0 Å². The monoisotopic (exact) mass is 261 g/mol. The summed E-state index contributed by atoms with van der Waals surface area (Å²) in [6.07, 6.45) is -3.42. The van der Waals surface area contributed by atoms with Gasteiger partial charge in [-0.15, -0.1) is 0 Å². The molecule has 0 fully saturated rings. The molecule has 0 saturated carbocycles. The molecule has 0 bridgehead atoms. The highest BCUT2D eigenvalue weighted by atomic mass is 19.4. The fraction of sp³-hybridized carbons (Fsp3) is 0.444. The topological polar surface area (TPSA) is 86.7 Å². The first-order chi connectivity index (χ1) is 8.41. The van der Waals surface area contributed by atoms with Crippen LogP contribution in [0, 0.1) is 0 Å². The number of imidazole rings is 1. The van der Waals surface area contributed by atoms with Crippen LogP contribution in [0.1, 0.15) is 12.7 Å². The minimum absolute atomic E-state index is 0.0358. The lowest BCUT2D eigenvalue weighted by Gasteiger charge is -2.13. The SMILES string of the molecule is C[C@H](CO)Nc1nc(C(F)(F)F)nc2nc[nH]c12. The number of anilines is 1. The molecular formula is C9H10F3N5O. The third kappa shape index (κ3) is 2.35. The molecule has 98 valence electrons. The second-order valence-corrected chi connectivity index (χ2v) is 3.72. The zero-order valence-electron chi connectivity index (χ0n) is 9.28. The predicted molar refractivity (Wildman–Crippen MR) is 56.9 cm³/mol. The normalized spacial score (nSPS) is 13.8. The van der Waals surface area contributed by atoms with Gasteiger partial charge in [-0.1, -0.05) is 0 Å². The first-order valence-corrected chi connectivity index (χ1v) is 5.07. The zero-order chi connectivity index (χ0) is 13.3. The van der Waals surface area contributed by atoms with Crippen molar-refractivity contribution >= 4 is 17.0 Å². The number of hydrogen-bond donors (Lipinski definition) is 3. The molecule has 9 heteroatoms. The van der Waals surface area contributed by atoms with E-state index < -0.39 is 18.0 Å². The molecule has 0 aromatic carbocycles. The predicted octanol–water partition coefficient (Wildman–Crippen LogP) is 1.16. The van der Waals surface area contributed by atoms with Crippen molar-refractivity contribution in [2.45, 2.75) is 19.1 Å². The third-order valence-electron chi connectivity index (χ3n) is 2.20. The summed E-state index contributed by atoms with van der Waals surface area (Å²) in [6.45, 7) is 1.37. The summed E-state index contributed by atoms with van der Waals surface area (Å²) in [4.78, 5) is 13.0.